The van der Waals surface area contributed by atoms with E-state index in [0.29, 0.717) is 26.0 Å². The second-order valence-corrected chi connectivity index (χ2v) is 6.36. The van der Waals surface area contributed by atoms with Crippen LogP contribution in [0.2, 0.25) is 0 Å². The number of amides is 1. The highest BCUT2D eigenvalue weighted by Gasteiger charge is 2.46. The van der Waals surface area contributed by atoms with Crippen LogP contribution in [0.3, 0.4) is 0 Å². The quantitative estimate of drug-likeness (QED) is 0.629. The van der Waals surface area contributed by atoms with E-state index >= 15 is 0 Å². The standard InChI is InChI=1S/C14H23NO4/c1-5-6-14(7-8-15(9-14)12(17)18)11(16)19-10-13(2,3)4/h5H,1,6-10H2,2-4H3,(H,17,18). The Balaban J connectivity index is 2.75. The van der Waals surface area contributed by atoms with Crippen molar-refractivity contribution in [1.29, 1.82) is 0 Å². The van der Waals surface area contributed by atoms with E-state index in [-0.39, 0.29) is 17.9 Å². The lowest BCUT2D eigenvalue weighted by molar-refractivity contribution is -0.157. The Labute approximate surface area is 114 Å². The van der Waals surface area contributed by atoms with E-state index in [2.05, 4.69) is 6.58 Å². The first-order chi connectivity index (χ1) is 8.70. The van der Waals surface area contributed by atoms with Crippen LogP contribution in [-0.4, -0.2) is 41.8 Å². The molecule has 1 aliphatic rings. The molecule has 1 atom stereocenters. The van der Waals surface area contributed by atoms with Crippen LogP contribution in [0.1, 0.15) is 33.6 Å². The van der Waals surface area contributed by atoms with Crippen LogP contribution in [0.25, 0.3) is 0 Å². The summed E-state index contributed by atoms with van der Waals surface area (Å²) in [7, 11) is 0. The first-order valence-corrected chi connectivity index (χ1v) is 6.46. The minimum atomic E-state index is -0.991. The Hall–Kier alpha value is -1.52. The number of esters is 1. The fraction of sp³-hybridized carbons (Fsp3) is 0.714. The van der Waals surface area contributed by atoms with Gasteiger partial charge in [-0.1, -0.05) is 26.8 Å². The minimum absolute atomic E-state index is 0.101. The van der Waals surface area contributed by atoms with Crippen molar-refractivity contribution >= 4 is 12.1 Å². The molecule has 0 aromatic heterocycles. The molecule has 1 saturated heterocycles. The highest BCUT2D eigenvalue weighted by Crippen LogP contribution is 2.36. The number of allylic oxidation sites excluding steroid dienone is 1. The summed E-state index contributed by atoms with van der Waals surface area (Å²) < 4.78 is 5.37. The van der Waals surface area contributed by atoms with Crippen LogP contribution in [0.15, 0.2) is 12.7 Å². The van der Waals surface area contributed by atoms with Crippen molar-refractivity contribution in [3.05, 3.63) is 12.7 Å². The van der Waals surface area contributed by atoms with Crippen molar-refractivity contribution in [3.8, 4) is 0 Å². The van der Waals surface area contributed by atoms with E-state index in [1.807, 2.05) is 20.8 Å². The fourth-order valence-electron chi connectivity index (χ4n) is 2.16. The molecule has 19 heavy (non-hydrogen) atoms. The smallest absolute Gasteiger partial charge is 0.407 e. The third-order valence-electron chi connectivity index (χ3n) is 3.23. The minimum Gasteiger partial charge on any atom is -0.465 e. The van der Waals surface area contributed by atoms with Crippen molar-refractivity contribution in [3.63, 3.8) is 0 Å². The highest BCUT2D eigenvalue weighted by molar-refractivity contribution is 5.79. The zero-order valence-corrected chi connectivity index (χ0v) is 11.9. The number of ether oxygens (including phenoxy) is 1. The zero-order chi connectivity index (χ0) is 14.7. The van der Waals surface area contributed by atoms with Crippen LogP contribution in [0, 0.1) is 10.8 Å². The fourth-order valence-corrected chi connectivity index (χ4v) is 2.16. The molecule has 1 unspecified atom stereocenters. The first-order valence-electron chi connectivity index (χ1n) is 6.46. The maximum absolute atomic E-state index is 12.3. The molecule has 1 aliphatic heterocycles. The van der Waals surface area contributed by atoms with Crippen molar-refractivity contribution in [1.82, 2.24) is 4.90 Å². The second-order valence-electron chi connectivity index (χ2n) is 6.36. The van der Waals surface area contributed by atoms with E-state index in [1.54, 1.807) is 6.08 Å². The van der Waals surface area contributed by atoms with Crippen LogP contribution in [0.5, 0.6) is 0 Å². The van der Waals surface area contributed by atoms with E-state index in [1.165, 1.54) is 4.90 Å². The molecule has 0 aromatic rings. The Morgan fingerprint density at radius 1 is 1.47 bits per heavy atom. The van der Waals surface area contributed by atoms with Gasteiger partial charge in [0.2, 0.25) is 0 Å². The predicted octanol–water partition coefficient (Wildman–Crippen LogP) is 2.52. The Morgan fingerprint density at radius 3 is 2.53 bits per heavy atom. The van der Waals surface area contributed by atoms with Gasteiger partial charge < -0.3 is 14.7 Å². The summed E-state index contributed by atoms with van der Waals surface area (Å²) in [5, 5.41) is 9.00. The third kappa shape index (κ3) is 3.98. The van der Waals surface area contributed by atoms with Gasteiger partial charge in [0.05, 0.1) is 12.0 Å². The molecular weight excluding hydrogens is 246 g/mol. The van der Waals surface area contributed by atoms with E-state index in [9.17, 15) is 9.59 Å². The van der Waals surface area contributed by atoms with Gasteiger partial charge in [0.25, 0.3) is 0 Å². The van der Waals surface area contributed by atoms with Crippen molar-refractivity contribution in [2.45, 2.75) is 33.6 Å². The average molecular weight is 269 g/mol. The van der Waals surface area contributed by atoms with Crippen LogP contribution >= 0.6 is 0 Å². The molecular formula is C14H23NO4. The van der Waals surface area contributed by atoms with Crippen LogP contribution < -0.4 is 0 Å². The number of hydrogen-bond donors (Lipinski definition) is 1. The van der Waals surface area contributed by atoms with Gasteiger partial charge in [-0.15, -0.1) is 6.58 Å². The maximum Gasteiger partial charge on any atom is 0.407 e. The summed E-state index contributed by atoms with van der Waals surface area (Å²) in [4.78, 5) is 24.5. The van der Waals surface area contributed by atoms with Crippen LogP contribution in [-0.2, 0) is 9.53 Å². The predicted molar refractivity (Wildman–Crippen MR) is 71.9 cm³/mol. The summed E-state index contributed by atoms with van der Waals surface area (Å²) in [6.45, 7) is 10.5. The molecule has 0 saturated carbocycles. The average Bonchev–Trinajstić information content (AvgIpc) is 2.71. The van der Waals surface area contributed by atoms with E-state index in [4.69, 9.17) is 9.84 Å². The van der Waals surface area contributed by atoms with Gasteiger partial charge in [-0.3, -0.25) is 4.79 Å². The lowest BCUT2D eigenvalue weighted by Gasteiger charge is -2.27. The SMILES string of the molecule is C=CCC1(C(=O)OCC(C)(C)C)CCN(C(=O)O)C1. The molecule has 0 radical (unpaired) electrons. The van der Waals surface area contributed by atoms with Gasteiger partial charge in [0.1, 0.15) is 0 Å². The number of nitrogens with zero attached hydrogens (tertiary/aromatic N) is 1. The number of likely N-dealkylation sites (tertiary alicyclic amines) is 1. The van der Waals surface area contributed by atoms with Gasteiger partial charge in [-0.25, -0.2) is 4.79 Å². The third-order valence-corrected chi connectivity index (χ3v) is 3.23. The Morgan fingerprint density at radius 2 is 2.11 bits per heavy atom. The van der Waals surface area contributed by atoms with Crippen LogP contribution in [0.4, 0.5) is 4.79 Å². The summed E-state index contributed by atoms with van der Waals surface area (Å²) in [5.41, 5.74) is -0.860. The van der Waals surface area contributed by atoms with E-state index < -0.39 is 11.5 Å². The van der Waals surface area contributed by atoms with E-state index in [0.717, 1.165) is 0 Å². The van der Waals surface area contributed by atoms with Gasteiger partial charge in [0.15, 0.2) is 0 Å². The molecule has 0 bridgehead atoms. The van der Waals surface area contributed by atoms with Crippen molar-refractivity contribution in [2.75, 3.05) is 19.7 Å². The zero-order valence-electron chi connectivity index (χ0n) is 11.9. The summed E-state index contributed by atoms with van der Waals surface area (Å²) >= 11 is 0. The lowest BCUT2D eigenvalue weighted by Crippen LogP contribution is -2.38. The molecule has 5 heteroatoms. The summed E-state index contributed by atoms with van der Waals surface area (Å²) in [6, 6.07) is 0. The van der Waals surface area contributed by atoms with Gasteiger partial charge in [-0.2, -0.15) is 0 Å². The highest BCUT2D eigenvalue weighted by atomic mass is 16.5. The van der Waals surface area contributed by atoms with Crippen molar-refractivity contribution < 1.29 is 19.4 Å². The second kappa shape index (κ2) is 5.63. The number of carbonyl (C=O) groups is 2. The summed E-state index contributed by atoms with van der Waals surface area (Å²) in [5.74, 6) is -0.314. The number of hydrogen-bond acceptors (Lipinski definition) is 3. The molecule has 1 N–H and O–H groups in total. The topological polar surface area (TPSA) is 66.8 Å². The normalized spacial score (nSPS) is 23.2. The number of carbonyl (C=O) groups excluding carboxylic acids is 1. The molecule has 108 valence electrons. The molecule has 0 aromatic carbocycles. The monoisotopic (exact) mass is 269 g/mol. The lowest BCUT2D eigenvalue weighted by atomic mass is 9.83. The van der Waals surface area contributed by atoms with Crippen molar-refractivity contribution in [2.24, 2.45) is 10.8 Å². The molecule has 0 aliphatic carbocycles. The molecule has 0 spiro atoms. The Bertz CT molecular complexity index is 372. The van der Waals surface area contributed by atoms with Gasteiger partial charge in [-0.05, 0) is 18.3 Å². The maximum atomic E-state index is 12.3. The molecule has 1 rings (SSSR count). The number of carboxylic acid groups (broad SMARTS) is 1. The van der Waals surface area contributed by atoms with Gasteiger partial charge >= 0.3 is 12.1 Å². The van der Waals surface area contributed by atoms with Gasteiger partial charge in [0, 0.05) is 13.1 Å². The molecule has 1 amide bonds. The largest absolute Gasteiger partial charge is 0.465 e. The first kappa shape index (κ1) is 15.5. The molecule has 5 nitrogen and oxygen atoms in total. The molecule has 1 fully saturated rings. The Kier molecular flexibility index (Phi) is 4.61. The summed E-state index contributed by atoms with van der Waals surface area (Å²) in [6.07, 6.45) is 1.60. The number of rotatable bonds is 4. The molecule has 1 heterocycles.